The number of hydrogen-bond donors (Lipinski definition) is 2. The van der Waals surface area contributed by atoms with E-state index in [2.05, 4.69) is 45.2 Å². The molecule has 0 unspecified atom stereocenters. The van der Waals surface area contributed by atoms with Crippen molar-refractivity contribution in [2.24, 2.45) is 11.1 Å². The lowest BCUT2D eigenvalue weighted by Crippen LogP contribution is -2.35. The van der Waals surface area contributed by atoms with Crippen LogP contribution < -0.4 is 11.1 Å². The minimum atomic E-state index is -2.97. The molecule has 1 aromatic rings. The predicted octanol–water partition coefficient (Wildman–Crippen LogP) is 3.29. The van der Waals surface area contributed by atoms with Gasteiger partial charge in [-0.05, 0) is 47.4 Å². The van der Waals surface area contributed by atoms with Gasteiger partial charge in [0.15, 0.2) is 0 Å². The third kappa shape index (κ3) is 6.17. The molecule has 0 heterocycles. The molecule has 28 heavy (non-hydrogen) atoms. The standard InChI is InChI=1S/C22H34N2O3S/c1-21(2)10-8-16(9-11-21)19-14-17(6-7-18(19)20(23)25)22(3,4)15-24-12-13-28(5,26)27/h6-8,14,24H,9-13,15H2,1-5H3,(H2,23,25). The number of allylic oxidation sites excluding steroid dienone is 2. The van der Waals surface area contributed by atoms with Crippen LogP contribution in [0.4, 0.5) is 0 Å². The highest BCUT2D eigenvalue weighted by Crippen LogP contribution is 2.39. The smallest absolute Gasteiger partial charge is 0.249 e. The van der Waals surface area contributed by atoms with Gasteiger partial charge in [-0.3, -0.25) is 4.79 Å². The molecular weight excluding hydrogens is 372 g/mol. The van der Waals surface area contributed by atoms with Crippen LogP contribution in [0.15, 0.2) is 24.3 Å². The van der Waals surface area contributed by atoms with Crippen molar-refractivity contribution in [3.63, 3.8) is 0 Å². The third-order valence-electron chi connectivity index (χ3n) is 5.60. The third-order valence-corrected chi connectivity index (χ3v) is 6.55. The first-order chi connectivity index (χ1) is 12.8. The predicted molar refractivity (Wildman–Crippen MR) is 116 cm³/mol. The van der Waals surface area contributed by atoms with Crippen LogP contribution >= 0.6 is 0 Å². The molecule has 1 amide bonds. The Bertz CT molecular complexity index is 868. The molecule has 6 heteroatoms. The molecule has 0 saturated heterocycles. The number of carbonyl (C=O) groups excluding carboxylic acids is 1. The van der Waals surface area contributed by atoms with Gasteiger partial charge in [-0.25, -0.2) is 8.42 Å². The lowest BCUT2D eigenvalue weighted by atomic mass is 9.75. The van der Waals surface area contributed by atoms with E-state index in [1.165, 1.54) is 11.8 Å². The Kier molecular flexibility index (Phi) is 6.77. The van der Waals surface area contributed by atoms with Gasteiger partial charge in [0.2, 0.25) is 5.91 Å². The van der Waals surface area contributed by atoms with Crippen LogP contribution in [0.5, 0.6) is 0 Å². The maximum atomic E-state index is 12.0. The zero-order valence-corrected chi connectivity index (χ0v) is 18.6. The highest BCUT2D eigenvalue weighted by atomic mass is 32.2. The molecule has 0 saturated carbocycles. The van der Waals surface area contributed by atoms with Gasteiger partial charge in [0.05, 0.1) is 5.75 Å². The monoisotopic (exact) mass is 406 g/mol. The summed E-state index contributed by atoms with van der Waals surface area (Å²) in [4.78, 5) is 12.0. The van der Waals surface area contributed by atoms with Crippen LogP contribution in [0.2, 0.25) is 0 Å². The van der Waals surface area contributed by atoms with Gasteiger partial charge in [0.1, 0.15) is 9.84 Å². The van der Waals surface area contributed by atoms with Crippen molar-refractivity contribution >= 4 is 21.3 Å². The first-order valence-electron chi connectivity index (χ1n) is 9.83. The lowest BCUT2D eigenvalue weighted by molar-refractivity contribution is 0.1000. The second-order valence-corrected chi connectivity index (χ2v) is 11.7. The summed E-state index contributed by atoms with van der Waals surface area (Å²) < 4.78 is 22.6. The quantitative estimate of drug-likeness (QED) is 0.648. The summed E-state index contributed by atoms with van der Waals surface area (Å²) >= 11 is 0. The number of nitrogens with two attached hydrogens (primary N) is 1. The molecule has 0 spiro atoms. The van der Waals surface area contributed by atoms with Crippen molar-refractivity contribution in [3.05, 3.63) is 41.0 Å². The maximum absolute atomic E-state index is 12.0. The molecule has 1 aromatic carbocycles. The largest absolute Gasteiger partial charge is 0.366 e. The number of primary amides is 1. The minimum Gasteiger partial charge on any atom is -0.366 e. The van der Waals surface area contributed by atoms with Crippen molar-refractivity contribution in [3.8, 4) is 0 Å². The maximum Gasteiger partial charge on any atom is 0.249 e. The van der Waals surface area contributed by atoms with Crippen LogP contribution in [-0.4, -0.2) is 39.4 Å². The second-order valence-electron chi connectivity index (χ2n) is 9.41. The van der Waals surface area contributed by atoms with Gasteiger partial charge >= 0.3 is 0 Å². The van der Waals surface area contributed by atoms with E-state index in [0.29, 0.717) is 18.7 Å². The van der Waals surface area contributed by atoms with Gasteiger partial charge in [-0.1, -0.05) is 45.9 Å². The van der Waals surface area contributed by atoms with E-state index in [-0.39, 0.29) is 16.6 Å². The summed E-state index contributed by atoms with van der Waals surface area (Å²) in [6, 6.07) is 5.86. The van der Waals surface area contributed by atoms with E-state index in [0.717, 1.165) is 30.4 Å². The van der Waals surface area contributed by atoms with Gasteiger partial charge < -0.3 is 11.1 Å². The fraction of sp³-hybridized carbons (Fsp3) is 0.591. The Labute approximate surface area is 169 Å². The van der Waals surface area contributed by atoms with Crippen LogP contribution in [0.1, 0.15) is 68.4 Å². The van der Waals surface area contributed by atoms with E-state index in [9.17, 15) is 13.2 Å². The first kappa shape index (κ1) is 22.6. The number of rotatable bonds is 8. The number of hydrogen-bond acceptors (Lipinski definition) is 4. The first-order valence-corrected chi connectivity index (χ1v) is 11.9. The van der Waals surface area contributed by atoms with E-state index in [1.54, 1.807) is 0 Å². The van der Waals surface area contributed by atoms with Crippen molar-refractivity contribution in [1.82, 2.24) is 5.32 Å². The molecule has 2 rings (SSSR count). The Morgan fingerprint density at radius 1 is 1.29 bits per heavy atom. The van der Waals surface area contributed by atoms with Gasteiger partial charge in [0, 0.05) is 30.3 Å². The van der Waals surface area contributed by atoms with Gasteiger partial charge in [-0.15, -0.1) is 0 Å². The molecule has 3 N–H and O–H groups in total. The fourth-order valence-electron chi connectivity index (χ4n) is 3.53. The number of benzene rings is 1. The Morgan fingerprint density at radius 3 is 2.50 bits per heavy atom. The average molecular weight is 407 g/mol. The highest BCUT2D eigenvalue weighted by Gasteiger charge is 2.26. The minimum absolute atomic E-state index is 0.123. The molecule has 156 valence electrons. The number of amides is 1. The summed E-state index contributed by atoms with van der Waals surface area (Å²) in [7, 11) is -2.97. The molecule has 0 fully saturated rings. The second kappa shape index (κ2) is 8.37. The summed E-state index contributed by atoms with van der Waals surface area (Å²) in [6.45, 7) is 9.82. The fourth-order valence-corrected chi connectivity index (χ4v) is 4.04. The molecule has 1 aliphatic carbocycles. The summed E-state index contributed by atoms with van der Waals surface area (Å²) in [5.74, 6) is -0.284. The summed E-state index contributed by atoms with van der Waals surface area (Å²) in [5, 5.41) is 3.24. The van der Waals surface area contributed by atoms with E-state index in [1.807, 2.05) is 12.1 Å². The van der Waals surface area contributed by atoms with Crippen LogP contribution in [0.3, 0.4) is 0 Å². The number of sulfone groups is 1. The van der Waals surface area contributed by atoms with Gasteiger partial charge in [0.25, 0.3) is 0 Å². The Balaban J connectivity index is 2.26. The molecule has 5 nitrogen and oxygen atoms in total. The van der Waals surface area contributed by atoms with E-state index >= 15 is 0 Å². The SMILES string of the molecule is CC1(C)CC=C(c2cc(C(C)(C)CNCCS(C)(=O)=O)ccc2C(N)=O)CC1. The normalized spacial score (nSPS) is 17.2. The summed E-state index contributed by atoms with van der Waals surface area (Å²) in [6.07, 6.45) is 6.49. The van der Waals surface area contributed by atoms with E-state index < -0.39 is 15.7 Å². The van der Waals surface area contributed by atoms with Gasteiger partial charge in [-0.2, -0.15) is 0 Å². The Morgan fingerprint density at radius 2 is 1.96 bits per heavy atom. The molecule has 0 atom stereocenters. The van der Waals surface area contributed by atoms with Crippen molar-refractivity contribution in [2.45, 2.75) is 52.4 Å². The van der Waals surface area contributed by atoms with Crippen LogP contribution in [0, 0.1) is 5.41 Å². The zero-order chi connectivity index (χ0) is 21.2. The Hall–Kier alpha value is -1.66. The lowest BCUT2D eigenvalue weighted by Gasteiger charge is -2.31. The number of carbonyl (C=O) groups is 1. The summed E-state index contributed by atoms with van der Waals surface area (Å²) in [5.41, 5.74) is 9.51. The molecule has 0 radical (unpaired) electrons. The van der Waals surface area contributed by atoms with Crippen LogP contribution in [0.25, 0.3) is 5.57 Å². The topological polar surface area (TPSA) is 89.3 Å². The molecule has 0 aromatic heterocycles. The van der Waals surface area contributed by atoms with E-state index in [4.69, 9.17) is 5.73 Å². The molecule has 1 aliphatic rings. The highest BCUT2D eigenvalue weighted by molar-refractivity contribution is 7.90. The van der Waals surface area contributed by atoms with Crippen molar-refractivity contribution < 1.29 is 13.2 Å². The van der Waals surface area contributed by atoms with Crippen molar-refractivity contribution in [2.75, 3.05) is 25.1 Å². The molecular formula is C22H34N2O3S. The molecule has 0 bridgehead atoms. The average Bonchev–Trinajstić information content (AvgIpc) is 2.57. The van der Waals surface area contributed by atoms with Crippen molar-refractivity contribution in [1.29, 1.82) is 0 Å². The van der Waals surface area contributed by atoms with Crippen LogP contribution in [-0.2, 0) is 15.3 Å². The number of nitrogens with one attached hydrogen (secondary N) is 1. The zero-order valence-electron chi connectivity index (χ0n) is 17.8. The molecule has 0 aliphatic heterocycles.